The number of rotatable bonds is 5. The second-order valence-corrected chi connectivity index (χ2v) is 6.68. The summed E-state index contributed by atoms with van der Waals surface area (Å²) in [6.45, 7) is 2.37. The van der Waals surface area contributed by atoms with Crippen LogP contribution in [-0.2, 0) is 6.54 Å². The summed E-state index contributed by atoms with van der Waals surface area (Å²) in [6, 6.07) is 5.34. The topological polar surface area (TPSA) is 74.2 Å². The molecule has 1 aliphatic rings. The molecule has 25 heavy (non-hydrogen) atoms. The van der Waals surface area contributed by atoms with Gasteiger partial charge in [-0.3, -0.25) is 19.6 Å². The first-order chi connectivity index (χ1) is 12.1. The maximum absolute atomic E-state index is 12.4. The zero-order chi connectivity index (χ0) is 17.8. The summed E-state index contributed by atoms with van der Waals surface area (Å²) in [4.78, 5) is 28.2. The van der Waals surface area contributed by atoms with E-state index in [-0.39, 0.29) is 17.5 Å². The molecule has 3 rings (SSSR count). The summed E-state index contributed by atoms with van der Waals surface area (Å²) in [5, 5.41) is 7.16. The van der Waals surface area contributed by atoms with Crippen LogP contribution in [0, 0.1) is 0 Å². The van der Waals surface area contributed by atoms with Crippen LogP contribution in [0.1, 0.15) is 41.4 Å². The Morgan fingerprint density at radius 1 is 1.32 bits per heavy atom. The van der Waals surface area contributed by atoms with Gasteiger partial charge in [-0.05, 0) is 25.5 Å². The van der Waals surface area contributed by atoms with Crippen LogP contribution in [-0.4, -0.2) is 57.7 Å². The van der Waals surface area contributed by atoms with Crippen LogP contribution in [0.4, 0.5) is 0 Å². The molecular formula is C18H25N5O2. The Labute approximate surface area is 147 Å². The summed E-state index contributed by atoms with van der Waals surface area (Å²) in [5.74, 6) is -0.0337. The number of hydrogen-bond donors (Lipinski definition) is 1. The number of piperidine rings is 1. The number of amides is 1. The van der Waals surface area contributed by atoms with Crippen LogP contribution in [0.25, 0.3) is 0 Å². The normalized spacial score (nSPS) is 18.2. The summed E-state index contributed by atoms with van der Waals surface area (Å²) < 4.78 is 1.73. The minimum atomic E-state index is -0.0337. The Morgan fingerprint density at radius 3 is 2.92 bits per heavy atom. The number of carbonyl (C=O) groups is 1. The fourth-order valence-electron chi connectivity index (χ4n) is 3.43. The number of carbonyl (C=O) groups excluding carboxylic acids is 1. The van der Waals surface area contributed by atoms with Crippen LogP contribution in [0.15, 0.2) is 35.4 Å². The molecule has 2 aromatic rings. The highest BCUT2D eigenvalue weighted by atomic mass is 16.2. The molecule has 7 heteroatoms. The predicted molar refractivity (Wildman–Crippen MR) is 95.5 cm³/mol. The maximum atomic E-state index is 12.4. The van der Waals surface area contributed by atoms with Gasteiger partial charge in [0.1, 0.15) is 0 Å². The summed E-state index contributed by atoms with van der Waals surface area (Å²) in [6.07, 6.45) is 6.68. The van der Waals surface area contributed by atoms with Crippen LogP contribution in [0.3, 0.4) is 0 Å². The predicted octanol–water partition coefficient (Wildman–Crippen LogP) is 1.50. The second-order valence-electron chi connectivity index (χ2n) is 6.68. The third-order valence-electron chi connectivity index (χ3n) is 4.78. The third kappa shape index (κ3) is 3.82. The minimum absolute atomic E-state index is 0.0149. The lowest BCUT2D eigenvalue weighted by Crippen LogP contribution is -2.38. The minimum Gasteiger partial charge on any atom is -0.345 e. The van der Waals surface area contributed by atoms with Gasteiger partial charge in [-0.25, -0.2) is 0 Å². The van der Waals surface area contributed by atoms with E-state index in [9.17, 15) is 9.59 Å². The lowest BCUT2D eigenvalue weighted by atomic mass is 9.96. The van der Waals surface area contributed by atoms with Crippen molar-refractivity contribution in [3.05, 3.63) is 52.2 Å². The zero-order valence-corrected chi connectivity index (χ0v) is 14.8. The van der Waals surface area contributed by atoms with E-state index in [4.69, 9.17) is 0 Å². The number of likely N-dealkylation sites (tertiary alicyclic amines) is 1. The molecule has 0 bridgehead atoms. The average molecular weight is 343 g/mol. The first kappa shape index (κ1) is 17.4. The van der Waals surface area contributed by atoms with Crippen molar-refractivity contribution >= 4 is 5.91 Å². The Morgan fingerprint density at radius 2 is 2.16 bits per heavy atom. The molecule has 7 nitrogen and oxygen atoms in total. The maximum Gasteiger partial charge on any atom is 0.256 e. The first-order valence-electron chi connectivity index (χ1n) is 8.72. The zero-order valence-electron chi connectivity index (χ0n) is 14.8. The lowest BCUT2D eigenvalue weighted by Gasteiger charge is -2.35. The van der Waals surface area contributed by atoms with Gasteiger partial charge in [0.2, 0.25) is 0 Å². The number of nitrogens with one attached hydrogen (secondary N) is 1. The van der Waals surface area contributed by atoms with Crippen molar-refractivity contribution in [3.8, 4) is 0 Å². The van der Waals surface area contributed by atoms with Gasteiger partial charge in [0.25, 0.3) is 11.5 Å². The van der Waals surface area contributed by atoms with E-state index in [0.29, 0.717) is 12.1 Å². The van der Waals surface area contributed by atoms with E-state index in [1.54, 1.807) is 41.9 Å². The molecule has 1 saturated heterocycles. The van der Waals surface area contributed by atoms with E-state index < -0.39 is 0 Å². The van der Waals surface area contributed by atoms with Crippen LogP contribution >= 0.6 is 0 Å². The van der Waals surface area contributed by atoms with Gasteiger partial charge in [-0.2, -0.15) is 5.10 Å². The van der Waals surface area contributed by atoms with Gasteiger partial charge in [-0.15, -0.1) is 0 Å². The van der Waals surface area contributed by atoms with Crippen molar-refractivity contribution in [2.75, 3.05) is 27.2 Å². The molecule has 1 fully saturated rings. The molecule has 134 valence electrons. The molecule has 0 saturated carbocycles. The van der Waals surface area contributed by atoms with E-state index in [0.717, 1.165) is 38.0 Å². The Bertz CT molecular complexity index is 780. The number of nitrogens with zero attached hydrogens (tertiary/aromatic N) is 4. The van der Waals surface area contributed by atoms with E-state index in [2.05, 4.69) is 15.1 Å². The summed E-state index contributed by atoms with van der Waals surface area (Å²) in [7, 11) is 3.50. The molecule has 1 aliphatic heterocycles. The van der Waals surface area contributed by atoms with Crippen molar-refractivity contribution in [3.63, 3.8) is 0 Å². The lowest BCUT2D eigenvalue weighted by molar-refractivity contribution is 0.0819. The van der Waals surface area contributed by atoms with Crippen LogP contribution < -0.4 is 5.56 Å². The van der Waals surface area contributed by atoms with Gasteiger partial charge in [0, 0.05) is 39.4 Å². The van der Waals surface area contributed by atoms with Crippen molar-refractivity contribution in [2.24, 2.45) is 0 Å². The largest absolute Gasteiger partial charge is 0.345 e. The van der Waals surface area contributed by atoms with Crippen molar-refractivity contribution in [1.82, 2.24) is 24.6 Å². The smallest absolute Gasteiger partial charge is 0.256 e. The van der Waals surface area contributed by atoms with Crippen molar-refractivity contribution in [1.29, 1.82) is 0 Å². The number of pyridine rings is 1. The van der Waals surface area contributed by atoms with Gasteiger partial charge in [0.15, 0.2) is 0 Å². The Balaban J connectivity index is 1.78. The number of aromatic amines is 1. The average Bonchev–Trinajstić information content (AvgIpc) is 3.10. The van der Waals surface area contributed by atoms with Gasteiger partial charge in [-0.1, -0.05) is 12.5 Å². The summed E-state index contributed by atoms with van der Waals surface area (Å²) in [5.41, 5.74) is 1.54. The quantitative estimate of drug-likeness (QED) is 0.893. The third-order valence-corrected chi connectivity index (χ3v) is 4.78. The number of H-pyrrole nitrogens is 1. The SMILES string of the molecule is CN(C)C(=O)c1cn[nH]c1C1CCCCN1CCn1ccccc1=O. The molecule has 0 radical (unpaired) electrons. The van der Waals surface area contributed by atoms with Crippen molar-refractivity contribution < 1.29 is 4.79 Å². The fourth-order valence-corrected chi connectivity index (χ4v) is 3.43. The highest BCUT2D eigenvalue weighted by Crippen LogP contribution is 2.31. The standard InChI is InChI=1S/C18H25N5O2/c1-21(2)18(25)14-13-19-20-17(14)15-7-3-5-9-22(15)11-12-23-10-6-4-8-16(23)24/h4,6,8,10,13,15H,3,5,7,9,11-12H2,1-2H3,(H,19,20). The van der Waals surface area contributed by atoms with Gasteiger partial charge >= 0.3 is 0 Å². The highest BCUT2D eigenvalue weighted by molar-refractivity contribution is 5.94. The van der Waals surface area contributed by atoms with Crippen LogP contribution in [0.2, 0.25) is 0 Å². The molecule has 1 amide bonds. The molecule has 0 aliphatic carbocycles. The number of aromatic nitrogens is 3. The highest BCUT2D eigenvalue weighted by Gasteiger charge is 2.29. The monoisotopic (exact) mass is 343 g/mol. The van der Waals surface area contributed by atoms with E-state index >= 15 is 0 Å². The van der Waals surface area contributed by atoms with E-state index in [1.807, 2.05) is 12.3 Å². The van der Waals surface area contributed by atoms with E-state index in [1.165, 1.54) is 0 Å². The molecule has 2 aromatic heterocycles. The Hall–Kier alpha value is -2.41. The number of hydrogen-bond acceptors (Lipinski definition) is 4. The van der Waals surface area contributed by atoms with Crippen LogP contribution in [0.5, 0.6) is 0 Å². The molecule has 0 spiro atoms. The fraction of sp³-hybridized carbons (Fsp3) is 0.500. The molecule has 1 N–H and O–H groups in total. The summed E-state index contributed by atoms with van der Waals surface area (Å²) >= 11 is 0. The molecule has 3 heterocycles. The molecule has 1 atom stereocenters. The second kappa shape index (κ2) is 7.65. The van der Waals surface area contributed by atoms with Gasteiger partial charge < -0.3 is 9.47 Å². The first-order valence-corrected chi connectivity index (χ1v) is 8.72. The Kier molecular flexibility index (Phi) is 5.33. The van der Waals surface area contributed by atoms with Crippen molar-refractivity contribution in [2.45, 2.75) is 31.8 Å². The molecule has 0 aromatic carbocycles. The molecular weight excluding hydrogens is 318 g/mol. The van der Waals surface area contributed by atoms with Gasteiger partial charge in [0.05, 0.1) is 23.5 Å². The molecule has 1 unspecified atom stereocenters.